The van der Waals surface area contributed by atoms with E-state index in [1.165, 1.54) is 4.68 Å². The van der Waals surface area contributed by atoms with Gasteiger partial charge in [0.25, 0.3) is 0 Å². The molecule has 0 bridgehead atoms. The Hall–Kier alpha value is -2.48. The summed E-state index contributed by atoms with van der Waals surface area (Å²) in [5, 5.41) is 15.0. The first-order valence-electron chi connectivity index (χ1n) is 9.00. The first-order chi connectivity index (χ1) is 13.1. The monoisotopic (exact) mass is 399 g/mol. The van der Waals surface area contributed by atoms with Crippen molar-refractivity contribution < 1.29 is 13.5 Å². The van der Waals surface area contributed by atoms with E-state index in [-0.39, 0.29) is 11.4 Å². The van der Waals surface area contributed by atoms with Gasteiger partial charge < -0.3 is 5.11 Å². The molecule has 0 radical (unpaired) electrons. The van der Waals surface area contributed by atoms with Gasteiger partial charge in [0.2, 0.25) is 10.0 Å². The minimum Gasteiger partial charge on any atom is -0.384 e. The molecule has 0 aliphatic rings. The molecule has 2 aromatic carbocycles. The Labute approximate surface area is 165 Å². The van der Waals surface area contributed by atoms with Crippen LogP contribution in [0.1, 0.15) is 23.9 Å². The molecule has 1 heterocycles. The van der Waals surface area contributed by atoms with Gasteiger partial charge in [0.15, 0.2) is 0 Å². The second-order valence-electron chi connectivity index (χ2n) is 7.17. The molecular formula is C21H25N3O3S. The van der Waals surface area contributed by atoms with Crippen LogP contribution < -0.4 is 4.72 Å². The number of sulfonamides is 1. The molecule has 0 fully saturated rings. The summed E-state index contributed by atoms with van der Waals surface area (Å²) in [6, 6.07) is 17.4. The van der Waals surface area contributed by atoms with Crippen LogP contribution in [0.5, 0.6) is 0 Å². The molecule has 28 heavy (non-hydrogen) atoms. The summed E-state index contributed by atoms with van der Waals surface area (Å²) in [6.07, 6.45) is 0. The standard InChI is InChI=1S/C21H25N3O3S/c1-15-20(16(2)24(4)23-15)28(26,27)22-14-21(3,25)19-12-10-18(11-13-19)17-8-6-5-7-9-17/h5-13,22,25H,14H2,1-4H3. The number of hydrogen-bond acceptors (Lipinski definition) is 4. The predicted octanol–water partition coefficient (Wildman–Crippen LogP) is 2.89. The third-order valence-corrected chi connectivity index (χ3v) is 6.58. The van der Waals surface area contributed by atoms with Crippen molar-refractivity contribution >= 4 is 10.0 Å². The molecule has 0 aliphatic heterocycles. The van der Waals surface area contributed by atoms with Crippen LogP contribution in [0.25, 0.3) is 11.1 Å². The third-order valence-electron chi connectivity index (χ3n) is 4.93. The summed E-state index contributed by atoms with van der Waals surface area (Å²) in [4.78, 5) is 0.158. The fraction of sp³-hybridized carbons (Fsp3) is 0.286. The van der Waals surface area contributed by atoms with Crippen LogP contribution in [0.4, 0.5) is 0 Å². The van der Waals surface area contributed by atoms with Gasteiger partial charge in [-0.25, -0.2) is 13.1 Å². The van der Waals surface area contributed by atoms with Crippen molar-refractivity contribution in [3.8, 4) is 11.1 Å². The minimum atomic E-state index is -3.79. The molecule has 1 aromatic heterocycles. The number of nitrogens with zero attached hydrogens (tertiary/aromatic N) is 2. The zero-order chi connectivity index (χ0) is 20.5. The second-order valence-corrected chi connectivity index (χ2v) is 8.87. The quantitative estimate of drug-likeness (QED) is 0.668. The van der Waals surface area contributed by atoms with Gasteiger partial charge in [-0.3, -0.25) is 4.68 Å². The van der Waals surface area contributed by atoms with E-state index in [1.54, 1.807) is 27.8 Å². The lowest BCUT2D eigenvalue weighted by molar-refractivity contribution is 0.0627. The largest absolute Gasteiger partial charge is 0.384 e. The summed E-state index contributed by atoms with van der Waals surface area (Å²) in [7, 11) is -2.09. The predicted molar refractivity (Wildman–Crippen MR) is 109 cm³/mol. The van der Waals surface area contributed by atoms with Crippen molar-refractivity contribution in [2.75, 3.05) is 6.54 Å². The van der Waals surface area contributed by atoms with Crippen molar-refractivity contribution in [1.82, 2.24) is 14.5 Å². The fourth-order valence-corrected chi connectivity index (χ4v) is 4.77. The highest BCUT2D eigenvalue weighted by Crippen LogP contribution is 2.26. The van der Waals surface area contributed by atoms with Crippen molar-refractivity contribution in [2.45, 2.75) is 31.3 Å². The van der Waals surface area contributed by atoms with Crippen molar-refractivity contribution in [3.63, 3.8) is 0 Å². The van der Waals surface area contributed by atoms with Crippen LogP contribution in [0.3, 0.4) is 0 Å². The van der Waals surface area contributed by atoms with Crippen LogP contribution in [0.15, 0.2) is 59.5 Å². The van der Waals surface area contributed by atoms with Gasteiger partial charge in [0.05, 0.1) is 11.4 Å². The lowest BCUT2D eigenvalue weighted by atomic mass is 9.94. The summed E-state index contributed by atoms with van der Waals surface area (Å²) < 4.78 is 29.5. The molecule has 148 valence electrons. The number of aliphatic hydroxyl groups is 1. The van der Waals surface area contributed by atoms with Gasteiger partial charge >= 0.3 is 0 Å². The Kier molecular flexibility index (Phi) is 5.43. The first-order valence-corrected chi connectivity index (χ1v) is 10.5. The van der Waals surface area contributed by atoms with Crippen LogP contribution in [-0.2, 0) is 22.7 Å². The lowest BCUT2D eigenvalue weighted by Crippen LogP contribution is -2.38. The van der Waals surface area contributed by atoms with Crippen LogP contribution in [0, 0.1) is 13.8 Å². The number of rotatable bonds is 6. The number of nitrogens with one attached hydrogen (secondary N) is 1. The molecular weight excluding hydrogens is 374 g/mol. The highest BCUT2D eigenvalue weighted by atomic mass is 32.2. The number of aryl methyl sites for hydroxylation is 2. The van der Waals surface area contributed by atoms with E-state index in [1.807, 2.05) is 54.6 Å². The van der Waals surface area contributed by atoms with E-state index in [2.05, 4.69) is 9.82 Å². The molecule has 0 amide bonds. The zero-order valence-electron chi connectivity index (χ0n) is 16.5. The maximum Gasteiger partial charge on any atom is 0.244 e. The van der Waals surface area contributed by atoms with E-state index in [0.717, 1.165) is 11.1 Å². The number of hydrogen-bond donors (Lipinski definition) is 2. The molecule has 2 N–H and O–H groups in total. The van der Waals surface area contributed by atoms with E-state index < -0.39 is 15.6 Å². The topological polar surface area (TPSA) is 84.2 Å². The van der Waals surface area contributed by atoms with Crippen LogP contribution >= 0.6 is 0 Å². The van der Waals surface area contributed by atoms with E-state index in [0.29, 0.717) is 17.0 Å². The Balaban J connectivity index is 1.78. The summed E-state index contributed by atoms with van der Waals surface area (Å²) in [6.45, 7) is 4.81. The molecule has 1 unspecified atom stereocenters. The minimum absolute atomic E-state index is 0.145. The van der Waals surface area contributed by atoms with Gasteiger partial charge in [-0.15, -0.1) is 0 Å². The molecule has 0 saturated carbocycles. The summed E-state index contributed by atoms with van der Waals surface area (Å²) in [5.74, 6) is 0. The SMILES string of the molecule is Cc1nn(C)c(C)c1S(=O)(=O)NCC(C)(O)c1ccc(-c2ccccc2)cc1. The molecule has 1 atom stereocenters. The zero-order valence-corrected chi connectivity index (χ0v) is 17.3. The molecule has 0 aliphatic carbocycles. The van der Waals surface area contributed by atoms with E-state index in [4.69, 9.17) is 0 Å². The smallest absolute Gasteiger partial charge is 0.244 e. The van der Waals surface area contributed by atoms with Gasteiger partial charge in [-0.05, 0) is 37.5 Å². The second kappa shape index (κ2) is 7.50. The summed E-state index contributed by atoms with van der Waals surface area (Å²) >= 11 is 0. The molecule has 0 spiro atoms. The number of aromatic nitrogens is 2. The first kappa shape index (κ1) is 20.3. The van der Waals surface area contributed by atoms with Gasteiger partial charge in [0.1, 0.15) is 10.5 Å². The molecule has 7 heteroatoms. The maximum atomic E-state index is 12.7. The maximum absolute atomic E-state index is 12.7. The summed E-state index contributed by atoms with van der Waals surface area (Å²) in [5.41, 5.74) is 2.37. The highest BCUT2D eigenvalue weighted by Gasteiger charge is 2.29. The molecule has 3 aromatic rings. The molecule has 0 saturated heterocycles. The third kappa shape index (κ3) is 4.01. The van der Waals surface area contributed by atoms with Crippen LogP contribution in [-0.4, -0.2) is 29.8 Å². The fourth-order valence-electron chi connectivity index (χ4n) is 3.21. The Bertz CT molecular complexity index is 1070. The Morgan fingerprint density at radius 3 is 2.14 bits per heavy atom. The normalized spacial score (nSPS) is 14.0. The highest BCUT2D eigenvalue weighted by molar-refractivity contribution is 7.89. The van der Waals surface area contributed by atoms with E-state index >= 15 is 0 Å². The molecule has 3 rings (SSSR count). The van der Waals surface area contributed by atoms with Gasteiger partial charge in [0, 0.05) is 13.6 Å². The van der Waals surface area contributed by atoms with E-state index in [9.17, 15) is 13.5 Å². The number of benzene rings is 2. The van der Waals surface area contributed by atoms with Crippen LogP contribution in [0.2, 0.25) is 0 Å². The van der Waals surface area contributed by atoms with Crippen molar-refractivity contribution in [3.05, 3.63) is 71.5 Å². The van der Waals surface area contributed by atoms with Gasteiger partial charge in [-0.1, -0.05) is 54.6 Å². The Morgan fingerprint density at radius 1 is 1.04 bits per heavy atom. The Morgan fingerprint density at radius 2 is 1.61 bits per heavy atom. The van der Waals surface area contributed by atoms with Crippen molar-refractivity contribution in [1.29, 1.82) is 0 Å². The average molecular weight is 400 g/mol. The lowest BCUT2D eigenvalue weighted by Gasteiger charge is -2.24. The van der Waals surface area contributed by atoms with Crippen molar-refractivity contribution in [2.24, 2.45) is 7.05 Å². The average Bonchev–Trinajstić information content (AvgIpc) is 2.93. The molecule has 6 nitrogen and oxygen atoms in total. The van der Waals surface area contributed by atoms with Gasteiger partial charge in [-0.2, -0.15) is 5.10 Å².